The normalized spacial score (nSPS) is 10.2. The number of anilines is 2. The highest BCUT2D eigenvalue weighted by Gasteiger charge is 2.20. The second kappa shape index (κ2) is 10.2. The molecule has 0 spiro atoms. The van der Waals surface area contributed by atoms with Crippen molar-refractivity contribution in [3.8, 4) is 5.75 Å². The Kier molecular flexibility index (Phi) is 7.42. The Balaban J connectivity index is 2.52. The number of hydrogen-bond acceptors (Lipinski definition) is 10. The van der Waals surface area contributed by atoms with E-state index in [1.165, 1.54) is 6.07 Å². The molecule has 12 heteroatoms. The van der Waals surface area contributed by atoms with Crippen LogP contribution in [0, 0.1) is 0 Å². The fraction of sp³-hybridized carbons (Fsp3) is 0.176. The van der Waals surface area contributed by atoms with Crippen LogP contribution in [0.4, 0.5) is 37.4 Å². The van der Waals surface area contributed by atoms with Crippen molar-refractivity contribution in [2.75, 3.05) is 32.0 Å². The number of benzene rings is 1. The summed E-state index contributed by atoms with van der Waals surface area (Å²) in [6.45, 7) is 0. The van der Waals surface area contributed by atoms with Crippen LogP contribution in [-0.2, 0) is 14.2 Å². The molecule has 1 heterocycles. The Morgan fingerprint density at radius 3 is 2.07 bits per heavy atom. The largest absolute Gasteiger partial charge is 0.513 e. The molecular weight excluding hydrogens is 386 g/mol. The summed E-state index contributed by atoms with van der Waals surface area (Å²) >= 11 is 0. The number of carbonyl (C=O) groups is 3. The average Bonchev–Trinajstić information content (AvgIpc) is 2.74. The van der Waals surface area contributed by atoms with Gasteiger partial charge in [-0.2, -0.15) is 5.11 Å². The van der Waals surface area contributed by atoms with Crippen LogP contribution in [0.25, 0.3) is 0 Å². The van der Waals surface area contributed by atoms with E-state index in [2.05, 4.69) is 40.1 Å². The summed E-state index contributed by atoms with van der Waals surface area (Å²) in [7, 11) is 3.39. The number of rotatable bonds is 5. The van der Waals surface area contributed by atoms with Gasteiger partial charge in [-0.05, 0) is 12.1 Å². The molecule has 12 nitrogen and oxygen atoms in total. The first-order chi connectivity index (χ1) is 14.0. The van der Waals surface area contributed by atoms with E-state index in [1.807, 2.05) is 0 Å². The van der Waals surface area contributed by atoms with Gasteiger partial charge in [-0.1, -0.05) is 18.2 Å². The van der Waals surface area contributed by atoms with Crippen LogP contribution in [0.3, 0.4) is 0 Å². The van der Waals surface area contributed by atoms with E-state index in [9.17, 15) is 14.4 Å². The molecule has 0 saturated heterocycles. The van der Waals surface area contributed by atoms with Crippen LogP contribution >= 0.6 is 0 Å². The summed E-state index contributed by atoms with van der Waals surface area (Å²) in [6.07, 6.45) is -2.81. The van der Waals surface area contributed by atoms with Crippen LogP contribution in [0.15, 0.2) is 46.6 Å². The van der Waals surface area contributed by atoms with Crippen molar-refractivity contribution in [3.63, 3.8) is 0 Å². The third-order valence-corrected chi connectivity index (χ3v) is 3.17. The number of methoxy groups -OCH3 is 3. The second-order valence-corrected chi connectivity index (χ2v) is 5.03. The van der Waals surface area contributed by atoms with Crippen LogP contribution in [-0.4, -0.2) is 44.7 Å². The molecule has 0 saturated carbocycles. The first-order valence-corrected chi connectivity index (χ1v) is 7.94. The van der Waals surface area contributed by atoms with Gasteiger partial charge in [-0.15, -0.1) is 5.11 Å². The lowest BCUT2D eigenvalue weighted by atomic mass is 10.3. The Morgan fingerprint density at radius 1 is 0.862 bits per heavy atom. The molecule has 0 unspecified atom stereocenters. The number of aromatic nitrogens is 1. The quantitative estimate of drug-likeness (QED) is 0.432. The molecule has 0 atom stereocenters. The van der Waals surface area contributed by atoms with Gasteiger partial charge < -0.3 is 18.9 Å². The zero-order valence-electron chi connectivity index (χ0n) is 15.7. The number of ether oxygens (including phenoxy) is 4. The van der Waals surface area contributed by atoms with Crippen molar-refractivity contribution in [3.05, 3.63) is 36.4 Å². The second-order valence-electron chi connectivity index (χ2n) is 5.03. The van der Waals surface area contributed by atoms with E-state index in [0.717, 1.165) is 21.3 Å². The minimum Gasteiger partial charge on any atom is -0.453 e. The van der Waals surface area contributed by atoms with Crippen molar-refractivity contribution < 1.29 is 33.3 Å². The molecular formula is C17H17N5O7. The molecule has 29 heavy (non-hydrogen) atoms. The summed E-state index contributed by atoms with van der Waals surface area (Å²) in [5.41, 5.74) is 0.525. The lowest BCUT2D eigenvalue weighted by molar-refractivity contribution is 0.121. The van der Waals surface area contributed by atoms with Gasteiger partial charge in [0.05, 0.1) is 27.0 Å². The van der Waals surface area contributed by atoms with Gasteiger partial charge in [0.1, 0.15) is 5.69 Å². The predicted molar refractivity (Wildman–Crippen MR) is 99.9 cm³/mol. The van der Waals surface area contributed by atoms with Gasteiger partial charge in [0.25, 0.3) is 0 Å². The SMILES string of the molecule is COC(=O)Nc1nc(NC(=O)OC)c(OC(=O)OC)cc1/N=N/c1ccccc1. The van der Waals surface area contributed by atoms with Crippen molar-refractivity contribution in [2.45, 2.75) is 0 Å². The minimum atomic E-state index is -1.07. The Labute approximate surface area is 164 Å². The predicted octanol–water partition coefficient (Wildman–Crippen LogP) is 4.00. The maximum Gasteiger partial charge on any atom is 0.513 e. The molecule has 2 rings (SSSR count). The summed E-state index contributed by atoms with van der Waals surface area (Å²) < 4.78 is 18.5. The third kappa shape index (κ3) is 6.16. The number of nitrogens with zero attached hydrogens (tertiary/aromatic N) is 3. The van der Waals surface area contributed by atoms with E-state index in [-0.39, 0.29) is 23.1 Å². The summed E-state index contributed by atoms with van der Waals surface area (Å²) in [4.78, 5) is 38.8. The summed E-state index contributed by atoms with van der Waals surface area (Å²) in [5, 5.41) is 12.6. The molecule has 0 aliphatic carbocycles. The minimum absolute atomic E-state index is 0.00794. The number of amides is 2. The molecule has 2 amide bonds. The monoisotopic (exact) mass is 403 g/mol. The zero-order valence-corrected chi connectivity index (χ0v) is 15.7. The van der Waals surface area contributed by atoms with Gasteiger partial charge in [-0.25, -0.2) is 19.4 Å². The highest BCUT2D eigenvalue weighted by Crippen LogP contribution is 2.35. The van der Waals surface area contributed by atoms with E-state index >= 15 is 0 Å². The molecule has 0 bridgehead atoms. The average molecular weight is 403 g/mol. The van der Waals surface area contributed by atoms with E-state index < -0.39 is 18.3 Å². The Hall–Kier alpha value is -4.22. The fourth-order valence-electron chi connectivity index (χ4n) is 1.85. The molecule has 1 aromatic carbocycles. The van der Waals surface area contributed by atoms with Crippen LogP contribution in [0.5, 0.6) is 5.75 Å². The maximum atomic E-state index is 11.6. The van der Waals surface area contributed by atoms with Gasteiger partial charge in [-0.3, -0.25) is 10.6 Å². The lowest BCUT2D eigenvalue weighted by Gasteiger charge is -2.13. The zero-order chi connectivity index (χ0) is 21.2. The van der Waals surface area contributed by atoms with Gasteiger partial charge in [0, 0.05) is 6.07 Å². The van der Waals surface area contributed by atoms with E-state index in [1.54, 1.807) is 30.3 Å². The maximum absolute atomic E-state index is 11.6. The van der Waals surface area contributed by atoms with Crippen LogP contribution in [0.1, 0.15) is 0 Å². The standard InChI is InChI=1S/C17H17N5O7/c1-26-15(23)19-13-11(22-21-10-7-5-4-6-8-10)9-12(29-17(25)28-3)14(18-13)20-16(24)27-2/h4-9H,1-3H3,(H2,18,19,20,23,24)/b22-21+. The number of carbonyl (C=O) groups excluding carboxylic acids is 3. The molecule has 0 radical (unpaired) electrons. The van der Waals surface area contributed by atoms with E-state index in [4.69, 9.17) is 4.74 Å². The fourth-order valence-corrected chi connectivity index (χ4v) is 1.85. The van der Waals surface area contributed by atoms with Crippen LogP contribution < -0.4 is 15.4 Å². The van der Waals surface area contributed by atoms with E-state index in [0.29, 0.717) is 5.69 Å². The first-order valence-electron chi connectivity index (χ1n) is 7.94. The smallest absolute Gasteiger partial charge is 0.453 e. The van der Waals surface area contributed by atoms with Gasteiger partial charge in [0.2, 0.25) is 0 Å². The van der Waals surface area contributed by atoms with Crippen molar-refractivity contribution >= 4 is 41.4 Å². The van der Waals surface area contributed by atoms with Crippen molar-refractivity contribution in [1.82, 2.24) is 4.98 Å². The van der Waals surface area contributed by atoms with Crippen molar-refractivity contribution in [1.29, 1.82) is 0 Å². The topological polar surface area (TPSA) is 150 Å². The number of azo groups is 1. The Morgan fingerprint density at radius 2 is 1.48 bits per heavy atom. The lowest BCUT2D eigenvalue weighted by Crippen LogP contribution is -2.17. The molecule has 1 aromatic heterocycles. The molecule has 2 aromatic rings. The molecule has 152 valence electrons. The third-order valence-electron chi connectivity index (χ3n) is 3.17. The van der Waals surface area contributed by atoms with Crippen LogP contribution in [0.2, 0.25) is 0 Å². The summed E-state index contributed by atoms with van der Waals surface area (Å²) in [5.74, 6) is -0.591. The van der Waals surface area contributed by atoms with Gasteiger partial charge >= 0.3 is 18.3 Å². The number of hydrogen-bond donors (Lipinski definition) is 2. The van der Waals surface area contributed by atoms with Gasteiger partial charge in [0.15, 0.2) is 17.4 Å². The first kappa shape index (κ1) is 21.1. The van der Waals surface area contributed by atoms with Crippen molar-refractivity contribution in [2.24, 2.45) is 10.2 Å². The molecule has 2 N–H and O–H groups in total. The highest BCUT2D eigenvalue weighted by atomic mass is 16.7. The molecule has 0 fully saturated rings. The highest BCUT2D eigenvalue weighted by molar-refractivity contribution is 5.91. The Bertz CT molecular complexity index is 918. The number of pyridine rings is 1. The number of nitrogens with one attached hydrogen (secondary N) is 2. The molecule has 0 aliphatic heterocycles. The summed E-state index contributed by atoms with van der Waals surface area (Å²) in [6, 6.07) is 9.94. The molecule has 0 aliphatic rings.